The Morgan fingerprint density at radius 1 is 1.33 bits per heavy atom. The van der Waals surface area contributed by atoms with Gasteiger partial charge < -0.3 is 10.4 Å². The molecular weight excluding hydrogens is 256 g/mol. The number of nitrogens with zero attached hydrogens (tertiary/aromatic N) is 1. The Hall–Kier alpha value is -0.660. The zero-order chi connectivity index (χ0) is 13.3. The molecule has 2 fully saturated rings. The van der Waals surface area contributed by atoms with Crippen LogP contribution in [-0.2, 0) is 14.8 Å². The number of hydrogen-bond acceptors (Lipinski definition) is 4. The summed E-state index contributed by atoms with van der Waals surface area (Å²) in [5.41, 5.74) is 0. The van der Waals surface area contributed by atoms with E-state index in [2.05, 4.69) is 5.32 Å². The molecule has 2 atom stereocenters. The molecule has 0 aromatic carbocycles. The predicted molar refractivity (Wildman–Crippen MR) is 66.8 cm³/mol. The van der Waals surface area contributed by atoms with Gasteiger partial charge >= 0.3 is 5.97 Å². The van der Waals surface area contributed by atoms with E-state index in [4.69, 9.17) is 5.11 Å². The lowest BCUT2D eigenvalue weighted by Gasteiger charge is -2.36. The van der Waals surface area contributed by atoms with Crippen LogP contribution in [0.3, 0.4) is 0 Å². The molecule has 0 aromatic rings. The van der Waals surface area contributed by atoms with Crippen molar-refractivity contribution >= 4 is 16.0 Å². The van der Waals surface area contributed by atoms with E-state index in [0.29, 0.717) is 18.6 Å². The van der Waals surface area contributed by atoms with E-state index in [1.165, 1.54) is 4.31 Å². The molecule has 6 nitrogen and oxygen atoms in total. The van der Waals surface area contributed by atoms with Crippen LogP contribution in [0.15, 0.2) is 0 Å². The summed E-state index contributed by atoms with van der Waals surface area (Å²) in [6.45, 7) is 2.11. The smallest absolute Gasteiger partial charge is 0.320 e. The molecule has 2 aliphatic rings. The average molecular weight is 276 g/mol. The molecule has 2 heterocycles. The van der Waals surface area contributed by atoms with Gasteiger partial charge in [-0.25, -0.2) is 8.42 Å². The number of carbonyl (C=O) groups is 1. The zero-order valence-corrected chi connectivity index (χ0v) is 11.3. The molecule has 104 valence electrons. The number of aliphatic carboxylic acids is 1. The summed E-state index contributed by atoms with van der Waals surface area (Å²) >= 11 is 0. The second kappa shape index (κ2) is 5.14. The lowest BCUT2D eigenvalue weighted by Crippen LogP contribution is -2.51. The Balaban J connectivity index is 2.11. The molecule has 7 heteroatoms. The van der Waals surface area contributed by atoms with Crippen LogP contribution >= 0.6 is 0 Å². The third-order valence-electron chi connectivity index (χ3n) is 3.83. The number of nitrogens with one attached hydrogen (secondary N) is 1. The van der Waals surface area contributed by atoms with Crippen LogP contribution in [0.5, 0.6) is 0 Å². The van der Waals surface area contributed by atoms with Gasteiger partial charge in [0, 0.05) is 24.7 Å². The van der Waals surface area contributed by atoms with Crippen LogP contribution in [0.25, 0.3) is 0 Å². The minimum Gasteiger partial charge on any atom is -0.480 e. The topological polar surface area (TPSA) is 86.7 Å². The first-order valence-electron chi connectivity index (χ1n) is 6.39. The van der Waals surface area contributed by atoms with Crippen molar-refractivity contribution in [2.45, 2.75) is 50.7 Å². The number of fused-ring (bicyclic) bond motifs is 2. The van der Waals surface area contributed by atoms with Crippen LogP contribution in [0.4, 0.5) is 0 Å². The minimum absolute atomic E-state index is 0.0434. The third kappa shape index (κ3) is 2.84. The molecule has 2 bridgehead atoms. The molecule has 2 rings (SSSR count). The molecule has 0 aliphatic carbocycles. The number of hydrogen-bond donors (Lipinski definition) is 2. The van der Waals surface area contributed by atoms with Crippen LogP contribution in [0.1, 0.15) is 32.6 Å². The maximum Gasteiger partial charge on any atom is 0.320 e. The van der Waals surface area contributed by atoms with Crippen molar-refractivity contribution in [2.75, 3.05) is 12.3 Å². The van der Waals surface area contributed by atoms with Crippen LogP contribution in [0.2, 0.25) is 0 Å². The summed E-state index contributed by atoms with van der Waals surface area (Å²) in [6, 6.07) is 0.740. The number of rotatable bonds is 5. The maximum absolute atomic E-state index is 12.0. The van der Waals surface area contributed by atoms with Gasteiger partial charge in [-0.2, -0.15) is 4.31 Å². The fourth-order valence-electron chi connectivity index (χ4n) is 3.18. The first-order valence-corrected chi connectivity index (χ1v) is 8.00. The van der Waals surface area contributed by atoms with Crippen molar-refractivity contribution in [3.05, 3.63) is 0 Å². The van der Waals surface area contributed by atoms with E-state index in [0.717, 1.165) is 25.7 Å². The van der Waals surface area contributed by atoms with Crippen LogP contribution in [0, 0.1) is 0 Å². The van der Waals surface area contributed by atoms with Crippen molar-refractivity contribution in [1.29, 1.82) is 0 Å². The number of carboxylic acid groups (broad SMARTS) is 1. The highest BCUT2D eigenvalue weighted by Crippen LogP contribution is 2.30. The van der Waals surface area contributed by atoms with Crippen molar-refractivity contribution < 1.29 is 18.3 Å². The lowest BCUT2D eigenvalue weighted by atomic mass is 10.00. The summed E-state index contributed by atoms with van der Waals surface area (Å²) < 4.78 is 25.4. The Kier molecular flexibility index (Phi) is 3.93. The fraction of sp³-hybridized carbons (Fsp3) is 0.909. The van der Waals surface area contributed by atoms with Crippen molar-refractivity contribution in [1.82, 2.24) is 9.62 Å². The molecule has 2 unspecified atom stereocenters. The van der Waals surface area contributed by atoms with Gasteiger partial charge in [-0.05, 0) is 25.7 Å². The van der Waals surface area contributed by atoms with E-state index in [9.17, 15) is 13.2 Å². The Bertz CT molecular complexity index is 411. The number of carboxylic acids is 1. The molecule has 0 amide bonds. The second-order valence-corrected chi connectivity index (χ2v) is 7.04. The van der Waals surface area contributed by atoms with Gasteiger partial charge in [-0.15, -0.1) is 0 Å². The van der Waals surface area contributed by atoms with Crippen molar-refractivity contribution in [3.63, 3.8) is 0 Å². The first-order chi connectivity index (χ1) is 8.42. The molecular formula is C11H20N2O4S. The highest BCUT2D eigenvalue weighted by atomic mass is 32.2. The Morgan fingerprint density at radius 2 is 1.89 bits per heavy atom. The highest BCUT2D eigenvalue weighted by molar-refractivity contribution is 7.89. The average Bonchev–Trinajstić information content (AvgIpc) is 2.56. The van der Waals surface area contributed by atoms with Gasteiger partial charge in [-0.3, -0.25) is 4.79 Å². The van der Waals surface area contributed by atoms with E-state index in [1.807, 2.05) is 0 Å². The summed E-state index contributed by atoms with van der Waals surface area (Å²) in [4.78, 5) is 10.6. The van der Waals surface area contributed by atoms with Gasteiger partial charge in [0.1, 0.15) is 0 Å². The standard InChI is InChI=1S/C11H20N2O4S/c1-2-13(18(16,17)7-11(14)15)10-5-8-3-4-9(6-10)12-8/h8-10,12H,2-7H2,1H3,(H,14,15). The Labute approximate surface area is 107 Å². The number of piperidine rings is 1. The van der Waals surface area contributed by atoms with Gasteiger partial charge in [0.15, 0.2) is 5.75 Å². The Morgan fingerprint density at radius 3 is 2.33 bits per heavy atom. The molecule has 0 saturated carbocycles. The molecule has 0 radical (unpaired) electrons. The van der Waals surface area contributed by atoms with E-state index in [-0.39, 0.29) is 6.04 Å². The fourth-order valence-corrected chi connectivity index (χ4v) is 4.68. The zero-order valence-electron chi connectivity index (χ0n) is 10.5. The molecule has 18 heavy (non-hydrogen) atoms. The lowest BCUT2D eigenvalue weighted by molar-refractivity contribution is -0.134. The molecule has 0 spiro atoms. The molecule has 2 saturated heterocycles. The van der Waals surface area contributed by atoms with E-state index >= 15 is 0 Å². The summed E-state index contributed by atoms with van der Waals surface area (Å²) in [5, 5.41) is 12.1. The SMILES string of the molecule is CCN(C1CC2CCC(C1)N2)S(=O)(=O)CC(=O)O. The van der Waals surface area contributed by atoms with E-state index in [1.54, 1.807) is 6.92 Å². The normalized spacial score (nSPS) is 31.8. The van der Waals surface area contributed by atoms with E-state index < -0.39 is 21.7 Å². The van der Waals surface area contributed by atoms with Crippen LogP contribution < -0.4 is 5.32 Å². The first kappa shape index (κ1) is 13.8. The van der Waals surface area contributed by atoms with Crippen LogP contribution in [-0.4, -0.2) is 54.2 Å². The summed E-state index contributed by atoms with van der Waals surface area (Å²) in [5.74, 6) is -2.09. The second-order valence-electron chi connectivity index (χ2n) is 5.12. The summed E-state index contributed by atoms with van der Waals surface area (Å²) in [7, 11) is -3.68. The van der Waals surface area contributed by atoms with Crippen molar-refractivity contribution in [2.24, 2.45) is 0 Å². The molecule has 2 aliphatic heterocycles. The monoisotopic (exact) mass is 276 g/mol. The predicted octanol–water partition coefficient (Wildman–Crippen LogP) is 0.00570. The highest BCUT2D eigenvalue weighted by Gasteiger charge is 2.39. The van der Waals surface area contributed by atoms with Gasteiger partial charge in [0.2, 0.25) is 10.0 Å². The minimum atomic E-state index is -3.68. The van der Waals surface area contributed by atoms with Gasteiger partial charge in [0.25, 0.3) is 0 Å². The maximum atomic E-state index is 12.0. The van der Waals surface area contributed by atoms with Gasteiger partial charge in [0.05, 0.1) is 0 Å². The van der Waals surface area contributed by atoms with Crippen molar-refractivity contribution in [3.8, 4) is 0 Å². The largest absolute Gasteiger partial charge is 0.480 e. The molecule has 0 aromatic heterocycles. The van der Waals surface area contributed by atoms with Gasteiger partial charge in [-0.1, -0.05) is 6.92 Å². The summed E-state index contributed by atoms with van der Waals surface area (Å²) in [6.07, 6.45) is 3.78. The quantitative estimate of drug-likeness (QED) is 0.738. The number of sulfonamides is 1. The third-order valence-corrected chi connectivity index (χ3v) is 5.71. The molecule has 2 N–H and O–H groups in total.